The lowest BCUT2D eigenvalue weighted by atomic mass is 9.90. The van der Waals surface area contributed by atoms with Crippen LogP contribution in [0.5, 0.6) is 0 Å². The Morgan fingerprint density at radius 3 is 1.38 bits per heavy atom. The van der Waals surface area contributed by atoms with Gasteiger partial charge in [0.15, 0.2) is 0 Å². The van der Waals surface area contributed by atoms with E-state index < -0.39 is 17.5 Å². The minimum Gasteiger partial charge on any atom is -0.481 e. The lowest BCUT2D eigenvalue weighted by molar-refractivity contribution is -0.951. The second kappa shape index (κ2) is 17.4. The molecule has 190 valence electrons. The van der Waals surface area contributed by atoms with E-state index in [-0.39, 0.29) is 16.9 Å². The Labute approximate surface area is 198 Å². The first-order valence-corrected chi connectivity index (χ1v) is 13.4. The summed E-state index contributed by atoms with van der Waals surface area (Å²) in [4.78, 5) is 23.1. The zero-order valence-corrected chi connectivity index (χ0v) is 22.0. The zero-order valence-electron chi connectivity index (χ0n) is 22.0. The second-order valence-electron chi connectivity index (χ2n) is 10.6. The second-order valence-corrected chi connectivity index (χ2v) is 10.6. The van der Waals surface area contributed by atoms with Gasteiger partial charge in [-0.15, -0.1) is 0 Å². The van der Waals surface area contributed by atoms with Crippen molar-refractivity contribution in [2.24, 2.45) is 0 Å². The number of aliphatic carboxylic acids is 2. The lowest BCUT2D eigenvalue weighted by Crippen LogP contribution is -2.66. The highest BCUT2D eigenvalue weighted by atomic mass is 16.4. The van der Waals surface area contributed by atoms with Crippen molar-refractivity contribution in [3.8, 4) is 0 Å². The van der Waals surface area contributed by atoms with Crippen molar-refractivity contribution < 1.29 is 24.3 Å². The van der Waals surface area contributed by atoms with Gasteiger partial charge in [0.2, 0.25) is 5.54 Å². The Morgan fingerprint density at radius 1 is 0.719 bits per heavy atom. The van der Waals surface area contributed by atoms with Crippen LogP contribution in [0, 0.1) is 0 Å². The van der Waals surface area contributed by atoms with Crippen LogP contribution in [0.2, 0.25) is 0 Å². The van der Waals surface area contributed by atoms with Crippen LogP contribution in [0.25, 0.3) is 0 Å². The third-order valence-electron chi connectivity index (χ3n) is 7.81. The summed E-state index contributed by atoms with van der Waals surface area (Å²) >= 11 is 0. The molecular formula is C27H54NO4+. The van der Waals surface area contributed by atoms with Crippen LogP contribution in [0.4, 0.5) is 0 Å². The number of carbonyl (C=O) groups is 2. The summed E-state index contributed by atoms with van der Waals surface area (Å²) in [5.74, 6) is -2.10. The molecule has 2 N–H and O–H groups in total. The van der Waals surface area contributed by atoms with E-state index in [1.54, 1.807) is 6.92 Å². The fraction of sp³-hybridized carbons (Fsp3) is 0.926. The van der Waals surface area contributed by atoms with Gasteiger partial charge in [0.05, 0.1) is 20.1 Å². The third kappa shape index (κ3) is 12.2. The summed E-state index contributed by atoms with van der Waals surface area (Å²) in [6.45, 7) is 5.88. The van der Waals surface area contributed by atoms with Crippen molar-refractivity contribution in [1.29, 1.82) is 0 Å². The number of hydrogen-bond acceptors (Lipinski definition) is 2. The molecule has 0 aliphatic heterocycles. The van der Waals surface area contributed by atoms with Crippen molar-refractivity contribution in [2.75, 3.05) is 14.1 Å². The van der Waals surface area contributed by atoms with Crippen molar-refractivity contribution in [1.82, 2.24) is 0 Å². The lowest BCUT2D eigenvalue weighted by Gasteiger charge is -2.47. The Bertz CT molecular complexity index is 506. The van der Waals surface area contributed by atoms with Gasteiger partial charge in [0, 0.05) is 6.92 Å². The van der Waals surface area contributed by atoms with Crippen LogP contribution >= 0.6 is 0 Å². The van der Waals surface area contributed by atoms with Crippen LogP contribution < -0.4 is 0 Å². The van der Waals surface area contributed by atoms with E-state index in [1.165, 1.54) is 96.3 Å². The molecular weight excluding hydrogens is 402 g/mol. The van der Waals surface area contributed by atoms with Gasteiger partial charge in [-0.2, -0.15) is 0 Å². The fourth-order valence-electron chi connectivity index (χ4n) is 4.62. The summed E-state index contributed by atoms with van der Waals surface area (Å²) < 4.78 is 0.188. The van der Waals surface area contributed by atoms with E-state index in [2.05, 4.69) is 6.92 Å². The molecule has 32 heavy (non-hydrogen) atoms. The Balaban J connectivity index is 3.81. The number of carboxylic acid groups (broad SMARTS) is 2. The predicted octanol–water partition coefficient (Wildman–Crippen LogP) is 7.42. The largest absolute Gasteiger partial charge is 0.481 e. The number of rotatable bonds is 22. The minimum absolute atomic E-state index is 0.0992. The Morgan fingerprint density at radius 2 is 1.06 bits per heavy atom. The van der Waals surface area contributed by atoms with Crippen LogP contribution in [-0.2, 0) is 9.59 Å². The normalized spacial score (nSPS) is 14.8. The van der Waals surface area contributed by atoms with Crippen LogP contribution in [-0.4, -0.2) is 52.3 Å². The van der Waals surface area contributed by atoms with Crippen LogP contribution in [0.1, 0.15) is 136 Å². The van der Waals surface area contributed by atoms with Crippen molar-refractivity contribution >= 4 is 11.9 Å². The molecule has 2 atom stereocenters. The Kier molecular flexibility index (Phi) is 16.8. The number of nitrogens with zero attached hydrogens (tertiary/aromatic N) is 1. The van der Waals surface area contributed by atoms with Gasteiger partial charge in [0.25, 0.3) is 0 Å². The molecule has 0 aliphatic carbocycles. The molecule has 0 radical (unpaired) electrons. The molecule has 0 amide bonds. The van der Waals surface area contributed by atoms with Gasteiger partial charge in [-0.1, -0.05) is 103 Å². The number of quaternary nitrogens is 1. The molecule has 0 aliphatic rings. The first-order chi connectivity index (χ1) is 15.1. The summed E-state index contributed by atoms with van der Waals surface area (Å²) in [6, 6.07) is 0.0992. The molecule has 0 saturated carbocycles. The highest BCUT2D eigenvalue weighted by Gasteiger charge is 2.52. The summed E-state index contributed by atoms with van der Waals surface area (Å²) in [5.41, 5.74) is -1.32. The maximum absolute atomic E-state index is 11.9. The molecule has 0 saturated heterocycles. The van der Waals surface area contributed by atoms with E-state index >= 15 is 0 Å². The summed E-state index contributed by atoms with van der Waals surface area (Å²) in [6.07, 6.45) is 22.0. The zero-order chi connectivity index (χ0) is 24.5. The van der Waals surface area contributed by atoms with E-state index in [0.717, 1.165) is 12.8 Å². The first kappa shape index (κ1) is 30.9. The molecule has 0 bridgehead atoms. The van der Waals surface area contributed by atoms with Gasteiger partial charge in [0.1, 0.15) is 6.42 Å². The van der Waals surface area contributed by atoms with Gasteiger partial charge in [-0.3, -0.25) is 4.79 Å². The molecule has 0 aromatic carbocycles. The maximum atomic E-state index is 11.9. The Hall–Kier alpha value is -1.10. The van der Waals surface area contributed by atoms with Crippen LogP contribution in [0.3, 0.4) is 0 Å². The highest BCUT2D eigenvalue weighted by molar-refractivity contribution is 5.83. The molecule has 0 aromatic rings. The molecule has 2 unspecified atom stereocenters. The van der Waals surface area contributed by atoms with E-state index in [1.807, 2.05) is 21.0 Å². The average molecular weight is 457 g/mol. The standard InChI is InChI=1S/C27H53NO4/c1-6-7-8-9-10-11-12-13-14-15-16-17-18-19-20-21-22-24(2)28(4,5)27(3,26(31)32)23-25(29)30/h24H,6-23H2,1-5H3,(H-,29,30,31,32)/p+1. The summed E-state index contributed by atoms with van der Waals surface area (Å²) in [5, 5.41) is 18.9. The maximum Gasteiger partial charge on any atom is 0.366 e. The molecule has 0 aromatic heterocycles. The monoisotopic (exact) mass is 456 g/mol. The fourth-order valence-corrected chi connectivity index (χ4v) is 4.62. The molecule has 0 spiro atoms. The van der Waals surface area contributed by atoms with E-state index in [4.69, 9.17) is 0 Å². The molecule has 5 nitrogen and oxygen atoms in total. The van der Waals surface area contributed by atoms with Gasteiger partial charge in [-0.05, 0) is 19.8 Å². The quantitative estimate of drug-likeness (QED) is 0.131. The number of carboxylic acids is 2. The topological polar surface area (TPSA) is 74.6 Å². The predicted molar refractivity (Wildman–Crippen MR) is 134 cm³/mol. The first-order valence-electron chi connectivity index (χ1n) is 13.4. The number of unbranched alkanes of at least 4 members (excludes halogenated alkanes) is 15. The van der Waals surface area contributed by atoms with Crippen LogP contribution in [0.15, 0.2) is 0 Å². The van der Waals surface area contributed by atoms with Gasteiger partial charge in [-0.25, -0.2) is 4.79 Å². The third-order valence-corrected chi connectivity index (χ3v) is 7.81. The molecule has 0 rings (SSSR count). The number of hydrogen-bond donors (Lipinski definition) is 2. The van der Waals surface area contributed by atoms with Crippen molar-refractivity contribution in [3.05, 3.63) is 0 Å². The average Bonchev–Trinajstić information content (AvgIpc) is 2.72. The van der Waals surface area contributed by atoms with Gasteiger partial charge < -0.3 is 14.7 Å². The molecule has 0 heterocycles. The SMILES string of the molecule is CCCCCCCCCCCCCCCCCCC(C)[N+](C)(C)C(C)(CC(=O)O)C(=O)O. The van der Waals surface area contributed by atoms with Gasteiger partial charge >= 0.3 is 11.9 Å². The van der Waals surface area contributed by atoms with Crippen molar-refractivity contribution in [3.63, 3.8) is 0 Å². The highest BCUT2D eigenvalue weighted by Crippen LogP contribution is 2.30. The summed E-state index contributed by atoms with van der Waals surface area (Å²) in [7, 11) is 3.71. The van der Waals surface area contributed by atoms with E-state index in [0.29, 0.717) is 0 Å². The van der Waals surface area contributed by atoms with E-state index in [9.17, 15) is 19.8 Å². The minimum atomic E-state index is -1.32. The molecule has 0 fully saturated rings. The van der Waals surface area contributed by atoms with Crippen molar-refractivity contribution in [2.45, 2.75) is 148 Å². The smallest absolute Gasteiger partial charge is 0.366 e. The molecule has 5 heteroatoms. The number of likely N-dealkylation sites (N-methyl/N-ethyl adjacent to an activating group) is 1.